The second-order valence-corrected chi connectivity index (χ2v) is 8.80. The Hall–Kier alpha value is -2.45. The lowest BCUT2D eigenvalue weighted by Gasteiger charge is -2.34. The summed E-state index contributed by atoms with van der Waals surface area (Å²) in [5.41, 5.74) is 0.240. The van der Waals surface area contributed by atoms with E-state index in [0.29, 0.717) is 11.3 Å². The molecule has 0 saturated carbocycles. The number of morpholine rings is 1. The molecule has 8 nitrogen and oxygen atoms in total. The van der Waals surface area contributed by atoms with Gasteiger partial charge in [-0.3, -0.25) is 9.59 Å². The van der Waals surface area contributed by atoms with Gasteiger partial charge in [0, 0.05) is 30.4 Å². The third-order valence-electron chi connectivity index (χ3n) is 5.28. The number of nitrogens with zero attached hydrogens (tertiary/aromatic N) is 2. The molecule has 1 aromatic rings. The van der Waals surface area contributed by atoms with Crippen LogP contribution in [0.1, 0.15) is 50.9 Å². The van der Waals surface area contributed by atoms with Crippen LogP contribution in [0.2, 0.25) is 0 Å². The second-order valence-electron chi connectivity index (χ2n) is 8.80. The zero-order valence-corrected chi connectivity index (χ0v) is 18.0. The van der Waals surface area contributed by atoms with Gasteiger partial charge in [0.15, 0.2) is 12.2 Å². The standard InChI is InChI=1S/C22H30N2O6/c1-14-7-6-10-23(14)19(26)15-8-5-9-16(13-15)24-11-12-29-18(20(24)27)17(25)21(28)30-22(2,3)4/h5,8-9,13-14,17-18,25H,6-7,10-12H2,1-4H3/t14-,17-,18-/m1/s1. The summed E-state index contributed by atoms with van der Waals surface area (Å²) in [5, 5.41) is 10.3. The van der Waals surface area contributed by atoms with Gasteiger partial charge in [0.05, 0.1) is 6.61 Å². The normalized spacial score (nSPS) is 23.4. The maximum atomic E-state index is 13.0. The topological polar surface area (TPSA) is 96.4 Å². The summed E-state index contributed by atoms with van der Waals surface area (Å²) in [4.78, 5) is 41.3. The van der Waals surface area contributed by atoms with Gasteiger partial charge in [-0.1, -0.05) is 6.07 Å². The van der Waals surface area contributed by atoms with Crippen LogP contribution in [0.15, 0.2) is 24.3 Å². The van der Waals surface area contributed by atoms with Gasteiger partial charge in [-0.05, 0) is 58.7 Å². The number of benzene rings is 1. The van der Waals surface area contributed by atoms with Crippen LogP contribution in [0, 0.1) is 0 Å². The number of carbonyl (C=O) groups is 3. The second kappa shape index (κ2) is 8.73. The van der Waals surface area contributed by atoms with E-state index in [2.05, 4.69) is 0 Å². The van der Waals surface area contributed by atoms with Gasteiger partial charge >= 0.3 is 5.97 Å². The minimum atomic E-state index is -1.73. The number of ether oxygens (including phenoxy) is 2. The Labute approximate surface area is 176 Å². The Kier molecular flexibility index (Phi) is 6.47. The Balaban J connectivity index is 1.76. The van der Waals surface area contributed by atoms with Gasteiger partial charge in [-0.25, -0.2) is 4.79 Å². The molecule has 2 aliphatic heterocycles. The van der Waals surface area contributed by atoms with Crippen LogP contribution in [0.25, 0.3) is 0 Å². The molecular weight excluding hydrogens is 388 g/mol. The van der Waals surface area contributed by atoms with Crippen molar-refractivity contribution in [1.82, 2.24) is 4.90 Å². The number of hydrogen-bond donors (Lipinski definition) is 1. The number of likely N-dealkylation sites (tertiary alicyclic amines) is 1. The lowest BCUT2D eigenvalue weighted by atomic mass is 10.1. The van der Waals surface area contributed by atoms with Gasteiger partial charge in [0.1, 0.15) is 5.60 Å². The Morgan fingerprint density at radius 1 is 1.27 bits per heavy atom. The first kappa shape index (κ1) is 22.2. The monoisotopic (exact) mass is 418 g/mol. The molecule has 2 heterocycles. The predicted molar refractivity (Wildman–Crippen MR) is 110 cm³/mol. The molecule has 30 heavy (non-hydrogen) atoms. The molecular formula is C22H30N2O6. The Bertz CT molecular complexity index is 818. The molecule has 0 aromatic heterocycles. The fourth-order valence-corrected chi connectivity index (χ4v) is 3.78. The fraction of sp³-hybridized carbons (Fsp3) is 0.591. The first-order valence-electron chi connectivity index (χ1n) is 10.3. The van der Waals surface area contributed by atoms with E-state index in [4.69, 9.17) is 9.47 Å². The van der Waals surface area contributed by atoms with E-state index < -0.39 is 29.7 Å². The molecule has 0 radical (unpaired) electrons. The van der Waals surface area contributed by atoms with Gasteiger partial charge < -0.3 is 24.4 Å². The first-order chi connectivity index (χ1) is 14.1. The number of carbonyl (C=O) groups excluding carboxylic acids is 3. The lowest BCUT2D eigenvalue weighted by molar-refractivity contribution is -0.177. The number of aliphatic hydroxyl groups is 1. The smallest absolute Gasteiger partial charge is 0.338 e. The SMILES string of the molecule is C[C@@H]1CCCN1C(=O)c1cccc(N2CCO[C@H]([C@@H](O)C(=O)OC(C)(C)C)C2=O)c1. The van der Waals surface area contributed by atoms with Gasteiger partial charge in [-0.15, -0.1) is 0 Å². The summed E-state index contributed by atoms with van der Waals surface area (Å²) >= 11 is 0. The molecule has 8 heteroatoms. The predicted octanol–water partition coefficient (Wildman–Crippen LogP) is 1.75. The largest absolute Gasteiger partial charge is 0.458 e. The summed E-state index contributed by atoms with van der Waals surface area (Å²) in [6.45, 7) is 8.20. The highest BCUT2D eigenvalue weighted by atomic mass is 16.6. The molecule has 0 spiro atoms. The number of esters is 1. The van der Waals surface area contributed by atoms with Gasteiger partial charge in [-0.2, -0.15) is 0 Å². The highest BCUT2D eigenvalue weighted by Gasteiger charge is 2.41. The number of rotatable bonds is 4. The third-order valence-corrected chi connectivity index (χ3v) is 5.28. The lowest BCUT2D eigenvalue weighted by Crippen LogP contribution is -2.55. The van der Waals surface area contributed by atoms with Crippen molar-refractivity contribution in [2.45, 2.75) is 64.4 Å². The maximum absolute atomic E-state index is 13.0. The Morgan fingerprint density at radius 2 is 2.00 bits per heavy atom. The van der Waals surface area contributed by atoms with E-state index in [9.17, 15) is 19.5 Å². The highest BCUT2D eigenvalue weighted by molar-refractivity contribution is 6.02. The van der Waals surface area contributed by atoms with Crippen LogP contribution in [0.4, 0.5) is 5.69 Å². The molecule has 2 fully saturated rings. The van der Waals surface area contributed by atoms with E-state index in [-0.39, 0.29) is 25.1 Å². The summed E-state index contributed by atoms with van der Waals surface area (Å²) in [6.07, 6.45) is -1.11. The zero-order valence-electron chi connectivity index (χ0n) is 18.0. The van der Waals surface area contributed by atoms with Crippen molar-refractivity contribution in [3.05, 3.63) is 29.8 Å². The third kappa shape index (κ3) is 4.82. The van der Waals surface area contributed by atoms with Crippen molar-refractivity contribution in [2.75, 3.05) is 24.6 Å². The summed E-state index contributed by atoms with van der Waals surface area (Å²) in [7, 11) is 0. The number of aliphatic hydroxyl groups excluding tert-OH is 1. The summed E-state index contributed by atoms with van der Waals surface area (Å²) in [6, 6.07) is 7.05. The minimum Gasteiger partial charge on any atom is -0.458 e. The van der Waals surface area contributed by atoms with E-state index in [1.807, 2.05) is 11.8 Å². The quantitative estimate of drug-likeness (QED) is 0.749. The van der Waals surface area contributed by atoms with Crippen LogP contribution < -0.4 is 4.90 Å². The molecule has 0 aliphatic carbocycles. The van der Waals surface area contributed by atoms with E-state index >= 15 is 0 Å². The molecule has 1 aromatic carbocycles. The van der Waals surface area contributed by atoms with E-state index in [0.717, 1.165) is 19.4 Å². The number of amides is 2. The maximum Gasteiger partial charge on any atom is 0.338 e. The van der Waals surface area contributed by atoms with Crippen molar-refractivity contribution < 1.29 is 29.0 Å². The number of hydrogen-bond acceptors (Lipinski definition) is 6. The van der Waals surface area contributed by atoms with E-state index in [1.165, 1.54) is 4.90 Å². The average molecular weight is 418 g/mol. The minimum absolute atomic E-state index is 0.0621. The molecule has 0 unspecified atom stereocenters. The molecule has 2 amide bonds. The first-order valence-corrected chi connectivity index (χ1v) is 10.3. The molecule has 1 N–H and O–H groups in total. The fourth-order valence-electron chi connectivity index (χ4n) is 3.78. The van der Waals surface area contributed by atoms with Gasteiger partial charge in [0.2, 0.25) is 0 Å². The van der Waals surface area contributed by atoms with Crippen molar-refractivity contribution in [2.24, 2.45) is 0 Å². The van der Waals surface area contributed by atoms with Crippen molar-refractivity contribution >= 4 is 23.5 Å². The van der Waals surface area contributed by atoms with Crippen molar-refractivity contribution in [1.29, 1.82) is 0 Å². The molecule has 3 atom stereocenters. The van der Waals surface area contributed by atoms with Crippen LogP contribution in [0.5, 0.6) is 0 Å². The highest BCUT2D eigenvalue weighted by Crippen LogP contribution is 2.25. The van der Waals surface area contributed by atoms with Crippen LogP contribution in [0.3, 0.4) is 0 Å². The van der Waals surface area contributed by atoms with Crippen LogP contribution in [-0.2, 0) is 19.1 Å². The Morgan fingerprint density at radius 3 is 2.63 bits per heavy atom. The summed E-state index contributed by atoms with van der Waals surface area (Å²) < 4.78 is 10.6. The van der Waals surface area contributed by atoms with E-state index in [1.54, 1.807) is 45.0 Å². The van der Waals surface area contributed by atoms with Crippen LogP contribution in [-0.4, -0.2) is 71.3 Å². The number of anilines is 1. The molecule has 0 bridgehead atoms. The van der Waals surface area contributed by atoms with Crippen molar-refractivity contribution in [3.8, 4) is 0 Å². The van der Waals surface area contributed by atoms with Gasteiger partial charge in [0.25, 0.3) is 11.8 Å². The molecule has 2 aliphatic rings. The summed E-state index contributed by atoms with van der Waals surface area (Å²) in [5.74, 6) is -1.51. The molecule has 2 saturated heterocycles. The van der Waals surface area contributed by atoms with Crippen molar-refractivity contribution in [3.63, 3.8) is 0 Å². The molecule has 164 valence electrons. The zero-order chi connectivity index (χ0) is 22.1. The van der Waals surface area contributed by atoms with Crippen LogP contribution >= 0.6 is 0 Å². The molecule has 3 rings (SSSR count). The average Bonchev–Trinajstić information content (AvgIpc) is 3.11.